The summed E-state index contributed by atoms with van der Waals surface area (Å²) in [7, 11) is 3.40. The Morgan fingerprint density at radius 1 is 0.728 bits per heavy atom. The van der Waals surface area contributed by atoms with Crippen LogP contribution in [0.5, 0.6) is 5.75 Å². The molecule has 0 radical (unpaired) electrons. The molecule has 2 aromatic heterocycles. The number of primary amides is 1. The maximum atomic E-state index is 13.9. The fourth-order valence-electron chi connectivity index (χ4n) is 12.5. The van der Waals surface area contributed by atoms with Crippen LogP contribution in [-0.2, 0) is 73.9 Å². The predicted molar refractivity (Wildman–Crippen MR) is 392 cm³/mol. The van der Waals surface area contributed by atoms with E-state index in [1.54, 1.807) is 48.2 Å². The van der Waals surface area contributed by atoms with Gasteiger partial charge in [-0.25, -0.2) is 14.6 Å². The number of aromatic nitrogens is 3. The number of ether oxygens (including phenoxy) is 6. The molecular weight excluding hydrogens is 1320 g/mol. The number of anilines is 4. The summed E-state index contributed by atoms with van der Waals surface area (Å²) in [5, 5.41) is 23.3. The van der Waals surface area contributed by atoms with Crippen molar-refractivity contribution in [2.75, 3.05) is 128 Å². The van der Waals surface area contributed by atoms with Gasteiger partial charge in [-0.1, -0.05) is 100 Å². The van der Waals surface area contributed by atoms with Gasteiger partial charge in [0.25, 0.3) is 0 Å². The summed E-state index contributed by atoms with van der Waals surface area (Å²) in [6.07, 6.45) is 5.27. The second-order valence-corrected chi connectivity index (χ2v) is 26.1. The number of methoxy groups -OCH3 is 1. The van der Waals surface area contributed by atoms with Gasteiger partial charge in [0.1, 0.15) is 23.6 Å². The molecule has 1 fully saturated rings. The third-order valence-corrected chi connectivity index (χ3v) is 18.2. The molecule has 5 heterocycles. The van der Waals surface area contributed by atoms with Gasteiger partial charge in [0.05, 0.1) is 103 Å². The van der Waals surface area contributed by atoms with E-state index >= 15 is 0 Å². The molecule has 6 aromatic rings. The molecule has 2 atom stereocenters. The number of fused-ring (bicyclic) bond motifs is 5. The third-order valence-electron chi connectivity index (χ3n) is 18.2. The summed E-state index contributed by atoms with van der Waals surface area (Å²) in [5.74, 6) is -0.936. The van der Waals surface area contributed by atoms with Crippen molar-refractivity contribution in [3.8, 4) is 5.75 Å². The molecule has 28 heteroatoms. The largest absolute Gasteiger partial charge is 0.496 e. The molecule has 0 bridgehead atoms. The Bertz CT molecular complexity index is 3910. The lowest BCUT2D eigenvalue weighted by molar-refractivity contribution is -0.131. The first-order valence-corrected chi connectivity index (χ1v) is 35.5. The first kappa shape index (κ1) is 77.3. The molecule has 0 saturated carbocycles. The Kier molecular flexibility index (Phi) is 29.7. The van der Waals surface area contributed by atoms with Crippen LogP contribution in [-0.4, -0.2) is 184 Å². The Labute approximate surface area is 601 Å². The molecule has 552 valence electrons. The highest BCUT2D eigenvalue weighted by molar-refractivity contribution is 6.03. The summed E-state index contributed by atoms with van der Waals surface area (Å²) >= 11 is 0. The summed E-state index contributed by atoms with van der Waals surface area (Å²) in [4.78, 5) is 107. The van der Waals surface area contributed by atoms with Gasteiger partial charge in [0.15, 0.2) is 11.6 Å². The summed E-state index contributed by atoms with van der Waals surface area (Å²) in [6, 6.07) is 29.1. The minimum absolute atomic E-state index is 0.00471. The van der Waals surface area contributed by atoms with E-state index in [-0.39, 0.29) is 120 Å². The Morgan fingerprint density at radius 2 is 1.44 bits per heavy atom. The van der Waals surface area contributed by atoms with Crippen LogP contribution in [0.2, 0.25) is 0 Å². The molecule has 0 spiro atoms. The molecule has 9 N–H and O–H groups in total. The van der Waals surface area contributed by atoms with Crippen LogP contribution in [0.3, 0.4) is 0 Å². The number of Topliss-reactive ketones (excluding diaryl/α,β-unsaturated/α-hetero) is 1. The van der Waals surface area contributed by atoms with Gasteiger partial charge in [-0.05, 0) is 77.8 Å². The highest BCUT2D eigenvalue weighted by atomic mass is 16.6. The number of carbonyl (C=O) groups excluding carboxylic acids is 7. The minimum atomic E-state index is -0.876. The molecule has 9 rings (SSSR count). The molecule has 0 unspecified atom stereocenters. The normalized spacial score (nSPS) is 14.0. The molecule has 3 aliphatic heterocycles. The topological polar surface area (TPSA) is 352 Å². The lowest BCUT2D eigenvalue weighted by Gasteiger charge is -2.43. The van der Waals surface area contributed by atoms with Crippen molar-refractivity contribution in [1.82, 2.24) is 40.3 Å². The number of benzene rings is 4. The van der Waals surface area contributed by atoms with Crippen LogP contribution < -0.4 is 47.7 Å². The Balaban J connectivity index is 0.611. The van der Waals surface area contributed by atoms with E-state index in [0.717, 1.165) is 87.4 Å². The maximum Gasteiger partial charge on any atom is 0.410 e. The lowest BCUT2D eigenvalue weighted by atomic mass is 9.89. The number of unbranched alkanes of at least 4 members (excludes halogenated alkanes) is 2. The molecule has 1 saturated heterocycles. The second kappa shape index (κ2) is 39.5. The van der Waals surface area contributed by atoms with Crippen molar-refractivity contribution in [3.05, 3.63) is 137 Å². The van der Waals surface area contributed by atoms with Crippen LogP contribution in [0.4, 0.5) is 32.7 Å². The zero-order chi connectivity index (χ0) is 73.0. The smallest absolute Gasteiger partial charge is 0.410 e. The average molecular weight is 1420 g/mol. The van der Waals surface area contributed by atoms with E-state index in [4.69, 9.17) is 39.9 Å². The van der Waals surface area contributed by atoms with Crippen LogP contribution in [0.25, 0.3) is 22.3 Å². The molecule has 0 aliphatic carbocycles. The van der Waals surface area contributed by atoms with Crippen LogP contribution in [0.15, 0.2) is 113 Å². The summed E-state index contributed by atoms with van der Waals surface area (Å²) < 4.78 is 36.1. The summed E-state index contributed by atoms with van der Waals surface area (Å²) in [5.41, 5.74) is 21.6. The number of carbonyl (C=O) groups is 7. The van der Waals surface area contributed by atoms with E-state index in [2.05, 4.69) is 81.4 Å². The minimum Gasteiger partial charge on any atom is -0.496 e. The number of nitrogens with zero attached hydrogens (tertiary/aromatic N) is 8. The quantitative estimate of drug-likeness (QED) is 0.0177. The highest BCUT2D eigenvalue weighted by Crippen LogP contribution is 2.41. The fraction of sp³-hybridized carbons (Fsp3) is 0.480. The van der Waals surface area contributed by atoms with Gasteiger partial charge in [-0.3, -0.25) is 28.9 Å². The van der Waals surface area contributed by atoms with Gasteiger partial charge in [-0.15, -0.1) is 0 Å². The van der Waals surface area contributed by atoms with E-state index < -0.39 is 30.0 Å². The number of hydrogen-bond acceptors (Lipinski definition) is 20. The lowest BCUT2D eigenvalue weighted by Crippen LogP contribution is -2.59. The number of likely N-dealkylation sites (N-methyl/N-ethyl adjacent to an activating group) is 1. The zero-order valence-electron chi connectivity index (χ0n) is 59.8. The van der Waals surface area contributed by atoms with Gasteiger partial charge in [-0.2, -0.15) is 15.2 Å². The van der Waals surface area contributed by atoms with Crippen LogP contribution >= 0.6 is 0 Å². The molecular formula is C75H99N15O13. The van der Waals surface area contributed by atoms with Crippen molar-refractivity contribution in [2.45, 2.75) is 117 Å². The molecule has 103 heavy (non-hydrogen) atoms. The maximum absolute atomic E-state index is 13.9. The molecule has 4 aromatic carbocycles. The first-order valence-electron chi connectivity index (χ1n) is 35.5. The van der Waals surface area contributed by atoms with Crippen molar-refractivity contribution in [3.63, 3.8) is 0 Å². The van der Waals surface area contributed by atoms with Crippen molar-refractivity contribution < 1.29 is 62.0 Å². The average Bonchev–Trinajstić information content (AvgIpc) is 1.74. The standard InChI is InChI=1S/C75H99N15O13/c1-6-7-12-29-79-71-70-61(83-73(76)85-71)27-32-89(70)45-55-22-19-52(41-64(55)98-5)44-88-47-57(48-88)87(4)75(97)103-49-51-20-23-56(24-21-51)82-72(95)53(15-13-30-80-74(77)96)42-63(91)68(50(2)3)84-66(93)28-33-99-35-37-101-39-40-102-38-36-100-34-31-78-65(92)25-26-67(94)90-46-54-14-8-9-16-58(54)60-43-81-86-69(60)59-17-10-11-18-62(59)90/h8-11,14,16-24,27,32,41,50,53,57,68H,6-7,12-13,15,25-26,28-31,33-40,42-49H2,1-5H3,(H,78,92)(H,82,95)(H,84,93)(H3,77,80,96)(H3,76,79,83,85)/t53-,68+/m1/s1. The Morgan fingerprint density at radius 3 is 2.17 bits per heavy atom. The molecule has 3 aliphatic rings. The van der Waals surface area contributed by atoms with E-state index in [9.17, 15) is 33.6 Å². The first-order chi connectivity index (χ1) is 50.0. The van der Waals surface area contributed by atoms with Gasteiger partial charge in [0, 0.05) is 107 Å². The SMILES string of the molecule is CCCCCNc1nc(N)nc2ccn(Cc3ccc(CN4CC(N(C)C(=O)OCc5ccc(NC(=O)[C@H](CCCNC(N)=O)CC(=O)[C@@H](NC(=O)CCOCCOCCOCCOCCNC(=O)CCC(=O)N6Cc7ccccc7C7=C(N=NC7)c7ccccc76)C(C)C)cc5)C4)cc3OC)c12. The van der Waals surface area contributed by atoms with Gasteiger partial charge < -0.3 is 80.8 Å². The van der Waals surface area contributed by atoms with Crippen molar-refractivity contribution in [1.29, 1.82) is 0 Å². The number of likely N-dealkylation sites (tertiary alicyclic amines) is 1. The van der Waals surface area contributed by atoms with E-state index in [0.29, 0.717) is 89.2 Å². The third kappa shape index (κ3) is 22.8. The number of ketones is 1. The number of azo groups is 1. The van der Waals surface area contributed by atoms with Gasteiger partial charge in [0.2, 0.25) is 29.6 Å². The van der Waals surface area contributed by atoms with E-state index in [1.165, 1.54) is 0 Å². The van der Waals surface area contributed by atoms with Crippen molar-refractivity contribution in [2.24, 2.45) is 27.8 Å². The number of nitrogens with two attached hydrogens (primary N) is 2. The van der Waals surface area contributed by atoms with Gasteiger partial charge >= 0.3 is 12.1 Å². The number of nitrogen functional groups attached to an aromatic ring is 1. The number of nitrogens with one attached hydrogen (secondary N) is 5. The second-order valence-electron chi connectivity index (χ2n) is 26.1. The monoisotopic (exact) mass is 1420 g/mol. The Hall–Kier alpha value is -9.87. The highest BCUT2D eigenvalue weighted by Gasteiger charge is 2.35. The number of urea groups is 1. The predicted octanol–water partition coefficient (Wildman–Crippen LogP) is 8.46. The fourth-order valence-corrected chi connectivity index (χ4v) is 12.5. The number of para-hydroxylation sites is 1. The van der Waals surface area contributed by atoms with Crippen molar-refractivity contribution >= 4 is 87.0 Å². The number of hydrogen-bond donors (Lipinski definition) is 7. The summed E-state index contributed by atoms with van der Waals surface area (Å²) in [6.45, 7) is 12.6. The molecule has 7 amide bonds. The molecule has 28 nitrogen and oxygen atoms in total. The van der Waals surface area contributed by atoms with Crippen LogP contribution in [0, 0.1) is 11.8 Å². The zero-order valence-corrected chi connectivity index (χ0v) is 59.8. The number of amides is 7. The van der Waals surface area contributed by atoms with Crippen LogP contribution in [0.1, 0.15) is 112 Å². The number of rotatable bonds is 42. The van der Waals surface area contributed by atoms with E-state index in [1.807, 2.05) is 74.6 Å².